The molecular formula is C51H36N2. The molecule has 0 saturated heterocycles. The standard InChI is InChI=1S/C51H36N2/c1-7-25-45-39(19-1)40-20-2-8-26-46(40)51(45,37-17-13-15-35(31-37)33-52-47-27-9-3-21-41(47)42-22-4-10-28-48(42)52)38-18-14-16-36(32-38)34-53-49-29-11-5-23-43(49)44-24-6-12-30-50(44)53/h1-32H,33-34H2. The summed E-state index contributed by atoms with van der Waals surface area (Å²) in [6.45, 7) is 1.57. The molecule has 0 radical (unpaired) electrons. The zero-order valence-electron chi connectivity index (χ0n) is 29.3. The number of nitrogens with zero attached hydrogens (tertiary/aromatic N) is 2. The van der Waals surface area contributed by atoms with Crippen molar-refractivity contribution in [3.63, 3.8) is 0 Å². The van der Waals surface area contributed by atoms with Crippen molar-refractivity contribution < 1.29 is 0 Å². The van der Waals surface area contributed by atoms with E-state index < -0.39 is 5.41 Å². The highest BCUT2D eigenvalue weighted by Gasteiger charge is 2.46. The second kappa shape index (κ2) is 11.7. The quantitative estimate of drug-likeness (QED) is 0.166. The molecule has 0 fully saturated rings. The Morgan fingerprint density at radius 3 is 1.06 bits per heavy atom. The monoisotopic (exact) mass is 676 g/mol. The Balaban J connectivity index is 1.11. The van der Waals surface area contributed by atoms with Crippen LogP contribution < -0.4 is 0 Å². The minimum Gasteiger partial charge on any atom is -0.336 e. The van der Waals surface area contributed by atoms with Crippen molar-refractivity contribution in [2.75, 3.05) is 0 Å². The molecule has 2 nitrogen and oxygen atoms in total. The molecule has 250 valence electrons. The van der Waals surface area contributed by atoms with Crippen LogP contribution in [0.3, 0.4) is 0 Å². The fourth-order valence-corrected chi connectivity index (χ4v) is 9.54. The summed E-state index contributed by atoms with van der Waals surface area (Å²) in [5.74, 6) is 0. The van der Waals surface area contributed by atoms with Gasteiger partial charge < -0.3 is 9.13 Å². The van der Waals surface area contributed by atoms with Gasteiger partial charge in [-0.2, -0.15) is 0 Å². The topological polar surface area (TPSA) is 9.86 Å². The highest BCUT2D eigenvalue weighted by molar-refractivity contribution is 6.09. The molecule has 0 aliphatic heterocycles. The summed E-state index contributed by atoms with van der Waals surface area (Å²) in [5.41, 5.74) is 15.0. The van der Waals surface area contributed by atoms with Gasteiger partial charge in [-0.25, -0.2) is 0 Å². The summed E-state index contributed by atoms with van der Waals surface area (Å²) in [6, 6.07) is 72.1. The summed E-state index contributed by atoms with van der Waals surface area (Å²) in [4.78, 5) is 0. The lowest BCUT2D eigenvalue weighted by Crippen LogP contribution is -2.29. The summed E-state index contributed by atoms with van der Waals surface area (Å²) in [6.07, 6.45) is 0. The van der Waals surface area contributed by atoms with E-state index in [1.54, 1.807) is 0 Å². The minimum absolute atomic E-state index is 0.485. The highest BCUT2D eigenvalue weighted by Crippen LogP contribution is 2.56. The lowest BCUT2D eigenvalue weighted by atomic mass is 9.67. The number of hydrogen-bond donors (Lipinski definition) is 0. The second-order valence-corrected chi connectivity index (χ2v) is 14.5. The fourth-order valence-electron chi connectivity index (χ4n) is 9.54. The molecule has 2 aromatic heterocycles. The maximum atomic E-state index is 2.49. The van der Waals surface area contributed by atoms with E-state index in [0.717, 1.165) is 13.1 Å². The van der Waals surface area contributed by atoms with Crippen molar-refractivity contribution >= 4 is 43.6 Å². The maximum Gasteiger partial charge on any atom is 0.0713 e. The van der Waals surface area contributed by atoms with Gasteiger partial charge in [-0.15, -0.1) is 0 Å². The van der Waals surface area contributed by atoms with Crippen LogP contribution in [0.25, 0.3) is 54.7 Å². The van der Waals surface area contributed by atoms with Crippen LogP contribution >= 0.6 is 0 Å². The zero-order chi connectivity index (χ0) is 34.9. The number of para-hydroxylation sites is 4. The Hall–Kier alpha value is -6.64. The molecule has 8 aromatic carbocycles. The third kappa shape index (κ3) is 4.39. The number of fused-ring (bicyclic) bond motifs is 9. The molecule has 2 heterocycles. The van der Waals surface area contributed by atoms with Crippen LogP contribution in [0.4, 0.5) is 0 Å². The SMILES string of the molecule is c1cc(Cn2c3ccccc3c3ccccc32)cc(C2(c3cccc(Cn4c5ccccc5c5ccccc54)c3)c3ccccc3-c3ccccc32)c1. The normalized spacial score (nSPS) is 13.2. The molecule has 2 heteroatoms. The molecule has 1 aliphatic rings. The third-order valence-electron chi connectivity index (χ3n) is 11.7. The second-order valence-electron chi connectivity index (χ2n) is 14.5. The average molecular weight is 677 g/mol. The molecule has 10 aromatic rings. The first-order valence-corrected chi connectivity index (χ1v) is 18.6. The van der Waals surface area contributed by atoms with E-state index in [1.807, 2.05) is 0 Å². The Labute approximate surface area is 308 Å². The number of hydrogen-bond acceptors (Lipinski definition) is 0. The van der Waals surface area contributed by atoms with Crippen molar-refractivity contribution in [3.05, 3.63) is 228 Å². The van der Waals surface area contributed by atoms with Gasteiger partial charge in [0.25, 0.3) is 0 Å². The van der Waals surface area contributed by atoms with Crippen LogP contribution in [0.15, 0.2) is 194 Å². The highest BCUT2D eigenvalue weighted by atomic mass is 15.0. The van der Waals surface area contributed by atoms with Gasteiger partial charge >= 0.3 is 0 Å². The van der Waals surface area contributed by atoms with E-state index in [0.29, 0.717) is 0 Å². The molecule has 0 spiro atoms. The van der Waals surface area contributed by atoms with Crippen LogP contribution in [-0.2, 0) is 18.5 Å². The molecule has 53 heavy (non-hydrogen) atoms. The van der Waals surface area contributed by atoms with Gasteiger partial charge in [0.2, 0.25) is 0 Å². The van der Waals surface area contributed by atoms with E-state index in [1.165, 1.54) is 88.1 Å². The van der Waals surface area contributed by atoms with Crippen molar-refractivity contribution in [3.8, 4) is 11.1 Å². The van der Waals surface area contributed by atoms with Crippen LogP contribution in [0.5, 0.6) is 0 Å². The first-order chi connectivity index (χ1) is 26.3. The van der Waals surface area contributed by atoms with Crippen molar-refractivity contribution in [1.82, 2.24) is 9.13 Å². The van der Waals surface area contributed by atoms with E-state index in [4.69, 9.17) is 0 Å². The largest absolute Gasteiger partial charge is 0.336 e. The molecule has 0 N–H and O–H groups in total. The van der Waals surface area contributed by atoms with E-state index >= 15 is 0 Å². The Morgan fingerprint density at radius 1 is 0.321 bits per heavy atom. The molecule has 0 atom stereocenters. The summed E-state index contributed by atoms with van der Waals surface area (Å²) in [5, 5.41) is 5.20. The maximum absolute atomic E-state index is 2.49. The van der Waals surface area contributed by atoms with Gasteiger partial charge in [-0.05, 0) is 68.8 Å². The smallest absolute Gasteiger partial charge is 0.0713 e. The van der Waals surface area contributed by atoms with Gasteiger partial charge in [-0.3, -0.25) is 0 Å². The molecule has 0 amide bonds. The molecule has 0 unspecified atom stereocenters. The number of rotatable bonds is 6. The minimum atomic E-state index is -0.485. The average Bonchev–Trinajstić information content (AvgIpc) is 3.83. The third-order valence-corrected chi connectivity index (χ3v) is 11.7. The van der Waals surface area contributed by atoms with Crippen molar-refractivity contribution in [1.29, 1.82) is 0 Å². The molecule has 0 saturated carbocycles. The van der Waals surface area contributed by atoms with Crippen LogP contribution in [0.2, 0.25) is 0 Å². The molecule has 11 rings (SSSR count). The van der Waals surface area contributed by atoms with Gasteiger partial charge in [0.1, 0.15) is 0 Å². The van der Waals surface area contributed by atoms with Crippen molar-refractivity contribution in [2.45, 2.75) is 18.5 Å². The van der Waals surface area contributed by atoms with E-state index in [9.17, 15) is 0 Å². The van der Waals surface area contributed by atoms with E-state index in [2.05, 4.69) is 203 Å². The number of benzene rings is 8. The van der Waals surface area contributed by atoms with Gasteiger partial charge in [0.15, 0.2) is 0 Å². The fraction of sp³-hybridized carbons (Fsp3) is 0.0588. The first-order valence-electron chi connectivity index (χ1n) is 18.6. The zero-order valence-corrected chi connectivity index (χ0v) is 29.3. The van der Waals surface area contributed by atoms with Crippen LogP contribution in [-0.4, -0.2) is 9.13 Å². The Bertz CT molecular complexity index is 2710. The summed E-state index contributed by atoms with van der Waals surface area (Å²) in [7, 11) is 0. The van der Waals surface area contributed by atoms with Gasteiger partial charge in [0, 0.05) is 56.7 Å². The lowest BCUT2D eigenvalue weighted by molar-refractivity contribution is 0.757. The first kappa shape index (κ1) is 30.0. The summed E-state index contributed by atoms with van der Waals surface area (Å²) < 4.78 is 4.97. The molecule has 0 bridgehead atoms. The van der Waals surface area contributed by atoms with Gasteiger partial charge in [0.05, 0.1) is 5.41 Å². The summed E-state index contributed by atoms with van der Waals surface area (Å²) >= 11 is 0. The van der Waals surface area contributed by atoms with Gasteiger partial charge in [-0.1, -0.05) is 170 Å². The Morgan fingerprint density at radius 2 is 0.660 bits per heavy atom. The van der Waals surface area contributed by atoms with Crippen LogP contribution in [0.1, 0.15) is 33.4 Å². The van der Waals surface area contributed by atoms with Crippen molar-refractivity contribution in [2.24, 2.45) is 0 Å². The van der Waals surface area contributed by atoms with Crippen LogP contribution in [0, 0.1) is 0 Å². The van der Waals surface area contributed by atoms with E-state index in [-0.39, 0.29) is 0 Å². The lowest BCUT2D eigenvalue weighted by Gasteiger charge is -2.34. The number of aromatic nitrogens is 2. The predicted octanol–water partition coefficient (Wildman–Crippen LogP) is 12.4. The Kier molecular flexibility index (Phi) is 6.63. The molecule has 1 aliphatic carbocycles. The molecular weight excluding hydrogens is 641 g/mol. The predicted molar refractivity (Wildman–Crippen MR) is 221 cm³/mol.